The Morgan fingerprint density at radius 3 is 2.23 bits per heavy atom. The molecule has 1 fully saturated rings. The second-order valence-corrected chi connectivity index (χ2v) is 8.46. The van der Waals surface area contributed by atoms with E-state index in [4.69, 9.17) is 29.6 Å². The number of aliphatic carboxylic acids is 2. The highest BCUT2D eigenvalue weighted by Gasteiger charge is 2.38. The lowest BCUT2D eigenvalue weighted by Crippen LogP contribution is -2.27. The molecule has 196 valence electrons. The number of nitrogens with one attached hydrogen (secondary N) is 1. The first-order chi connectivity index (χ1) is 16.3. The van der Waals surface area contributed by atoms with Gasteiger partial charge in [0.2, 0.25) is 0 Å². The van der Waals surface area contributed by atoms with Crippen LogP contribution in [0.4, 0.5) is 26.3 Å². The summed E-state index contributed by atoms with van der Waals surface area (Å²) >= 11 is 1.74. The monoisotopic (exact) mass is 531 g/mol. The highest BCUT2D eigenvalue weighted by atomic mass is 32.1. The lowest BCUT2D eigenvalue weighted by molar-refractivity contribution is -0.193. The number of aromatic nitrogens is 2. The lowest BCUT2D eigenvalue weighted by atomic mass is 10.1. The minimum atomic E-state index is -5.08. The van der Waals surface area contributed by atoms with Gasteiger partial charge in [0.25, 0.3) is 0 Å². The molecular weight excluding hydrogens is 508 g/mol. The summed E-state index contributed by atoms with van der Waals surface area (Å²) in [6.07, 6.45) is -4.09. The molecule has 2 aliphatic rings. The Balaban J connectivity index is 0.000000257. The van der Waals surface area contributed by atoms with Crippen LogP contribution in [0.25, 0.3) is 0 Å². The van der Waals surface area contributed by atoms with E-state index in [0.717, 1.165) is 44.3 Å². The first-order valence-electron chi connectivity index (χ1n) is 10.3. The van der Waals surface area contributed by atoms with Crippen molar-refractivity contribution in [2.75, 3.05) is 13.2 Å². The first-order valence-corrected chi connectivity index (χ1v) is 11.2. The minimum absolute atomic E-state index is 0.104. The van der Waals surface area contributed by atoms with Crippen molar-refractivity contribution in [1.82, 2.24) is 15.1 Å². The van der Waals surface area contributed by atoms with Gasteiger partial charge in [-0.15, -0.1) is 0 Å². The van der Waals surface area contributed by atoms with Crippen LogP contribution in [0.2, 0.25) is 0 Å². The van der Waals surface area contributed by atoms with Crippen molar-refractivity contribution in [3.05, 3.63) is 39.8 Å². The number of ether oxygens (including phenoxy) is 1. The Kier molecular flexibility index (Phi) is 10.1. The van der Waals surface area contributed by atoms with Crippen LogP contribution in [0.5, 0.6) is 0 Å². The summed E-state index contributed by atoms with van der Waals surface area (Å²) in [5.41, 5.74) is 3.87. The van der Waals surface area contributed by atoms with Crippen molar-refractivity contribution >= 4 is 23.3 Å². The van der Waals surface area contributed by atoms with Crippen LogP contribution in [0.3, 0.4) is 0 Å². The van der Waals surface area contributed by atoms with Crippen LogP contribution in [-0.4, -0.2) is 57.4 Å². The fourth-order valence-corrected chi connectivity index (χ4v) is 3.55. The van der Waals surface area contributed by atoms with Gasteiger partial charge in [-0.1, -0.05) is 0 Å². The summed E-state index contributed by atoms with van der Waals surface area (Å²) in [4.78, 5) is 17.8. The molecule has 0 amide bonds. The number of hydrogen-bond donors (Lipinski definition) is 3. The Labute approximate surface area is 199 Å². The molecule has 0 aromatic carbocycles. The topological polar surface area (TPSA) is 114 Å². The predicted octanol–water partition coefficient (Wildman–Crippen LogP) is 4.02. The summed E-state index contributed by atoms with van der Waals surface area (Å²) in [6.45, 7) is 3.64. The van der Waals surface area contributed by atoms with Crippen molar-refractivity contribution < 1.29 is 50.9 Å². The number of rotatable bonds is 6. The molecule has 0 saturated heterocycles. The van der Waals surface area contributed by atoms with Crippen LogP contribution >= 0.6 is 11.3 Å². The van der Waals surface area contributed by atoms with E-state index in [1.807, 2.05) is 0 Å². The maximum Gasteiger partial charge on any atom is 0.490 e. The summed E-state index contributed by atoms with van der Waals surface area (Å²) in [5, 5.41) is 26.8. The lowest BCUT2D eigenvalue weighted by Gasteiger charge is -2.22. The van der Waals surface area contributed by atoms with Crippen LogP contribution < -0.4 is 5.32 Å². The molecule has 3 heterocycles. The van der Waals surface area contributed by atoms with Crippen molar-refractivity contribution in [3.63, 3.8) is 0 Å². The van der Waals surface area contributed by atoms with Crippen LogP contribution in [0.15, 0.2) is 23.0 Å². The Morgan fingerprint density at radius 1 is 1.14 bits per heavy atom. The molecule has 2 aromatic rings. The molecule has 1 aliphatic carbocycles. The van der Waals surface area contributed by atoms with E-state index in [0.29, 0.717) is 0 Å². The van der Waals surface area contributed by atoms with Crippen molar-refractivity contribution in [3.8, 4) is 0 Å². The largest absolute Gasteiger partial charge is 0.490 e. The number of thiophene rings is 1. The van der Waals surface area contributed by atoms with E-state index in [1.54, 1.807) is 11.3 Å². The fourth-order valence-electron chi connectivity index (χ4n) is 2.89. The Bertz CT molecular complexity index is 934. The first kappa shape index (κ1) is 28.6. The number of carboxylic acid groups (broad SMARTS) is 2. The summed E-state index contributed by atoms with van der Waals surface area (Å²) in [5.74, 6) is -4.65. The highest BCUT2D eigenvalue weighted by molar-refractivity contribution is 7.07. The molecule has 0 spiro atoms. The van der Waals surface area contributed by atoms with Gasteiger partial charge in [0.15, 0.2) is 0 Å². The predicted molar refractivity (Wildman–Crippen MR) is 111 cm³/mol. The van der Waals surface area contributed by atoms with Gasteiger partial charge < -0.3 is 20.3 Å². The van der Waals surface area contributed by atoms with Crippen molar-refractivity contribution in [1.29, 1.82) is 0 Å². The second-order valence-electron chi connectivity index (χ2n) is 7.68. The van der Waals surface area contributed by atoms with E-state index in [2.05, 4.69) is 33.0 Å². The van der Waals surface area contributed by atoms with Crippen molar-refractivity contribution in [2.24, 2.45) is 5.92 Å². The molecular formula is C20H23F6N3O5S. The minimum Gasteiger partial charge on any atom is -0.475 e. The normalized spacial score (nSPS) is 17.4. The molecule has 15 heteroatoms. The molecule has 8 nitrogen and oxygen atoms in total. The molecule has 0 radical (unpaired) electrons. The molecule has 35 heavy (non-hydrogen) atoms. The highest BCUT2D eigenvalue weighted by Crippen LogP contribution is 2.32. The van der Waals surface area contributed by atoms with E-state index < -0.39 is 24.3 Å². The third kappa shape index (κ3) is 10.2. The molecule has 4 rings (SSSR count). The number of carbonyl (C=O) groups is 2. The van der Waals surface area contributed by atoms with Crippen molar-refractivity contribution in [2.45, 2.75) is 50.8 Å². The SMILES string of the molecule is O=C(O)C(F)(F)F.O=C(O)C(F)(F)F.c1cc(CNCC2OCCc3cn(CC4CC4)nc32)cs1. The number of halogens is 6. The number of nitrogens with zero attached hydrogens (tertiary/aromatic N) is 2. The zero-order chi connectivity index (χ0) is 26.2. The van der Waals surface area contributed by atoms with E-state index in [9.17, 15) is 26.3 Å². The number of alkyl halides is 6. The Morgan fingerprint density at radius 2 is 1.74 bits per heavy atom. The molecule has 2 aromatic heterocycles. The molecule has 0 bridgehead atoms. The van der Waals surface area contributed by atoms with Crippen LogP contribution in [-0.2, 0) is 33.8 Å². The van der Waals surface area contributed by atoms with Gasteiger partial charge in [-0.25, -0.2) is 9.59 Å². The second kappa shape index (κ2) is 12.4. The van der Waals surface area contributed by atoms with Gasteiger partial charge in [-0.3, -0.25) is 4.68 Å². The van der Waals surface area contributed by atoms with Gasteiger partial charge in [-0.05, 0) is 53.1 Å². The van der Waals surface area contributed by atoms with E-state index >= 15 is 0 Å². The molecule has 3 N–H and O–H groups in total. The number of carboxylic acids is 2. The number of fused-ring (bicyclic) bond motifs is 1. The van der Waals surface area contributed by atoms with Crippen LogP contribution in [0, 0.1) is 5.92 Å². The van der Waals surface area contributed by atoms with E-state index in [1.165, 1.54) is 24.0 Å². The zero-order valence-corrected chi connectivity index (χ0v) is 18.9. The van der Waals surface area contributed by atoms with Gasteiger partial charge in [0.1, 0.15) is 6.10 Å². The Hall–Kier alpha value is -2.65. The average Bonchev–Trinajstić information content (AvgIpc) is 3.22. The summed E-state index contributed by atoms with van der Waals surface area (Å²) < 4.78 is 71.5. The third-order valence-electron chi connectivity index (χ3n) is 4.73. The van der Waals surface area contributed by atoms with E-state index in [-0.39, 0.29) is 6.10 Å². The van der Waals surface area contributed by atoms with Gasteiger partial charge in [-0.2, -0.15) is 42.8 Å². The number of hydrogen-bond acceptors (Lipinski definition) is 6. The summed E-state index contributed by atoms with van der Waals surface area (Å²) in [6, 6.07) is 2.16. The van der Waals surface area contributed by atoms with Gasteiger partial charge in [0.05, 0.1) is 12.3 Å². The molecule has 1 saturated carbocycles. The standard InChI is InChI=1S/C16H21N3OS.2C2HF3O2/c1-2-12(1)9-19-10-14-3-5-20-15(16(14)18-19)8-17-7-13-4-6-21-11-13;2*3-2(4,5)1(6)7/h4,6,10-12,15,17H,1-3,5,7-9H2;2*(H,6,7). The molecule has 1 atom stereocenters. The quantitative estimate of drug-likeness (QED) is 0.483. The van der Waals surface area contributed by atoms with Gasteiger partial charge in [0, 0.05) is 25.8 Å². The maximum atomic E-state index is 10.6. The zero-order valence-electron chi connectivity index (χ0n) is 18.1. The maximum absolute atomic E-state index is 10.6. The smallest absolute Gasteiger partial charge is 0.475 e. The molecule has 1 unspecified atom stereocenters. The fraction of sp³-hybridized carbons (Fsp3) is 0.550. The average molecular weight is 531 g/mol. The third-order valence-corrected chi connectivity index (χ3v) is 5.46. The van der Waals surface area contributed by atoms with Gasteiger partial charge >= 0.3 is 24.3 Å². The summed E-state index contributed by atoms with van der Waals surface area (Å²) in [7, 11) is 0. The molecule has 1 aliphatic heterocycles. The van der Waals surface area contributed by atoms with Crippen LogP contribution in [0.1, 0.15) is 35.8 Å².